The smallest absolute Gasteiger partial charge is 0.163 e. The Morgan fingerprint density at radius 3 is 2.41 bits per heavy atom. The summed E-state index contributed by atoms with van der Waals surface area (Å²) in [7, 11) is 0. The number of ketones is 1. The first-order valence-electron chi connectivity index (χ1n) is 9.96. The molecule has 0 spiro atoms. The van der Waals surface area contributed by atoms with Gasteiger partial charge in [0.15, 0.2) is 11.6 Å². The number of nitrogens with zero attached hydrogens (tertiary/aromatic N) is 6. The molecule has 3 aromatic heterocycles. The molecule has 0 fully saturated rings. The average Bonchev–Trinajstić information content (AvgIpc) is 3.25. The van der Waals surface area contributed by atoms with Crippen molar-refractivity contribution in [3.05, 3.63) is 70.8 Å². The van der Waals surface area contributed by atoms with Gasteiger partial charge in [-0.25, -0.2) is 14.3 Å². The van der Waals surface area contributed by atoms with E-state index in [0.717, 1.165) is 16.9 Å². The van der Waals surface area contributed by atoms with Gasteiger partial charge in [0.2, 0.25) is 0 Å². The van der Waals surface area contributed by atoms with Gasteiger partial charge in [0.05, 0.1) is 45.5 Å². The summed E-state index contributed by atoms with van der Waals surface area (Å²) in [5.74, 6) is 0.781. The van der Waals surface area contributed by atoms with Gasteiger partial charge in [0.1, 0.15) is 11.3 Å². The number of H-pyrrole nitrogens is 1. The van der Waals surface area contributed by atoms with Gasteiger partial charge in [-0.2, -0.15) is 15.5 Å². The number of nitrogens with two attached hydrogens (primary N) is 1. The molecule has 0 bridgehead atoms. The van der Waals surface area contributed by atoms with Crippen molar-refractivity contribution in [2.24, 2.45) is 0 Å². The molecule has 0 amide bonds. The number of aryl methyl sites for hydroxylation is 2. The van der Waals surface area contributed by atoms with Crippen molar-refractivity contribution in [1.29, 1.82) is 5.26 Å². The second-order valence-electron chi connectivity index (χ2n) is 7.46. The number of benzene rings is 1. The Labute approximate surface area is 184 Å². The molecule has 0 radical (unpaired) electrons. The molecular weight excluding hydrogens is 404 g/mol. The number of fused-ring (bicyclic) bond motifs is 1. The Balaban J connectivity index is 1.88. The van der Waals surface area contributed by atoms with E-state index in [1.807, 2.05) is 26.0 Å². The van der Waals surface area contributed by atoms with Crippen LogP contribution in [-0.4, -0.2) is 35.3 Å². The molecule has 0 aliphatic carbocycles. The van der Waals surface area contributed by atoms with Gasteiger partial charge in [-0.1, -0.05) is 0 Å². The van der Waals surface area contributed by atoms with Crippen LogP contribution < -0.4 is 5.73 Å². The second kappa shape index (κ2) is 8.00. The molecule has 4 rings (SSSR count). The number of hydrogen-bond donors (Lipinski definition) is 2. The fourth-order valence-electron chi connectivity index (χ4n) is 3.76. The Hall–Kier alpha value is -4.45. The number of rotatable bonds is 3. The Kier molecular flexibility index (Phi) is 5.20. The standard InChI is InChI=1S/C23H22N8O/c1-13-22(16(4)32)14(2)31(28-13)21-11-20(25)27-23-15(3)30(29-19(23)9-10-26-21)18-7-5-17(12-24)6-8-18/h5-11,27H,25H2,1-4H3. The number of carbonyl (C=O) groups excluding carboxylic acids is 1. The lowest BCUT2D eigenvalue weighted by molar-refractivity contribution is 0.101. The molecule has 0 aliphatic heterocycles. The molecule has 4 aromatic rings. The van der Waals surface area contributed by atoms with E-state index < -0.39 is 0 Å². The SMILES string of the molecule is CC(=O)c1c(C)nn(-c2cc(N)[nH]c3c(C)n(-c4ccc(C#N)cc4)nc3ccn2)c1C. The first-order chi connectivity index (χ1) is 15.3. The molecule has 9 heteroatoms. The van der Waals surface area contributed by atoms with Crippen LogP contribution in [-0.2, 0) is 0 Å². The van der Waals surface area contributed by atoms with Gasteiger partial charge in [-0.15, -0.1) is 0 Å². The van der Waals surface area contributed by atoms with Crippen LogP contribution in [0.15, 0.2) is 42.6 Å². The number of aromatic nitrogens is 6. The highest BCUT2D eigenvalue weighted by molar-refractivity contribution is 5.96. The summed E-state index contributed by atoms with van der Waals surface area (Å²) < 4.78 is 3.39. The number of nitrogen functional groups attached to an aromatic ring is 1. The van der Waals surface area contributed by atoms with Crippen LogP contribution in [0, 0.1) is 32.1 Å². The lowest BCUT2D eigenvalue weighted by atomic mass is 10.1. The topological polar surface area (TPSA) is 131 Å². The number of nitrogens with one attached hydrogen (secondary N) is 1. The Morgan fingerprint density at radius 2 is 1.78 bits per heavy atom. The first-order valence-corrected chi connectivity index (χ1v) is 9.96. The second-order valence-corrected chi connectivity index (χ2v) is 7.46. The molecule has 3 N–H and O–H groups in total. The molecule has 32 heavy (non-hydrogen) atoms. The highest BCUT2D eigenvalue weighted by Gasteiger charge is 2.17. The number of anilines is 1. The predicted molar refractivity (Wildman–Crippen MR) is 121 cm³/mol. The van der Waals surface area contributed by atoms with E-state index in [9.17, 15) is 4.79 Å². The molecule has 3 heterocycles. The highest BCUT2D eigenvalue weighted by Crippen LogP contribution is 2.21. The summed E-state index contributed by atoms with van der Waals surface area (Å²) in [5.41, 5.74) is 11.9. The molecule has 0 atom stereocenters. The number of Topliss-reactive ketones (excluding diaryl/α,β-unsaturated/α-hetero) is 1. The van der Waals surface area contributed by atoms with Crippen LogP contribution in [0.4, 0.5) is 5.82 Å². The van der Waals surface area contributed by atoms with Crippen molar-refractivity contribution < 1.29 is 4.79 Å². The summed E-state index contributed by atoms with van der Waals surface area (Å²) in [6.07, 6.45) is 1.63. The fourth-order valence-corrected chi connectivity index (χ4v) is 3.76. The first kappa shape index (κ1) is 20.8. The van der Waals surface area contributed by atoms with Crippen LogP contribution in [0.3, 0.4) is 0 Å². The van der Waals surface area contributed by atoms with Gasteiger partial charge >= 0.3 is 0 Å². The number of aromatic amines is 1. The van der Waals surface area contributed by atoms with E-state index in [0.29, 0.717) is 39.7 Å². The Morgan fingerprint density at radius 1 is 1.06 bits per heavy atom. The summed E-state index contributed by atoms with van der Waals surface area (Å²) >= 11 is 0. The maximum atomic E-state index is 12.0. The zero-order valence-electron chi connectivity index (χ0n) is 18.2. The molecule has 9 nitrogen and oxygen atoms in total. The minimum absolute atomic E-state index is 0.0481. The van der Waals surface area contributed by atoms with E-state index in [4.69, 9.17) is 11.0 Å². The van der Waals surface area contributed by atoms with Crippen LogP contribution in [0.25, 0.3) is 22.5 Å². The highest BCUT2D eigenvalue weighted by atomic mass is 16.1. The average molecular weight is 426 g/mol. The van der Waals surface area contributed by atoms with Gasteiger partial charge in [0.25, 0.3) is 0 Å². The van der Waals surface area contributed by atoms with E-state index in [-0.39, 0.29) is 5.78 Å². The maximum absolute atomic E-state index is 12.0. The molecule has 0 aliphatic rings. The normalized spacial score (nSPS) is 10.7. The van der Waals surface area contributed by atoms with E-state index >= 15 is 0 Å². The van der Waals surface area contributed by atoms with Crippen molar-refractivity contribution in [1.82, 2.24) is 29.5 Å². The summed E-state index contributed by atoms with van der Waals surface area (Å²) in [5, 5.41) is 18.2. The van der Waals surface area contributed by atoms with Crippen molar-refractivity contribution >= 4 is 22.6 Å². The summed E-state index contributed by atoms with van der Waals surface area (Å²) in [4.78, 5) is 19.7. The van der Waals surface area contributed by atoms with Crippen LogP contribution >= 0.6 is 0 Å². The largest absolute Gasteiger partial charge is 0.385 e. The monoisotopic (exact) mass is 426 g/mol. The lowest BCUT2D eigenvalue weighted by Gasteiger charge is -2.04. The van der Waals surface area contributed by atoms with Crippen LogP contribution in [0.1, 0.15) is 39.9 Å². The quantitative estimate of drug-likeness (QED) is 0.481. The van der Waals surface area contributed by atoms with Gasteiger partial charge in [0, 0.05) is 12.3 Å². The number of carbonyl (C=O) groups is 1. The predicted octanol–water partition coefficient (Wildman–Crippen LogP) is 3.64. The van der Waals surface area contributed by atoms with Crippen molar-refractivity contribution in [3.63, 3.8) is 0 Å². The van der Waals surface area contributed by atoms with Crippen LogP contribution in [0.5, 0.6) is 0 Å². The minimum atomic E-state index is -0.0481. The third-order valence-electron chi connectivity index (χ3n) is 5.24. The summed E-state index contributed by atoms with van der Waals surface area (Å²) in [6.45, 7) is 7.07. The molecule has 0 saturated heterocycles. The van der Waals surface area contributed by atoms with Crippen molar-refractivity contribution in [2.45, 2.75) is 27.7 Å². The zero-order valence-corrected chi connectivity index (χ0v) is 18.2. The Bertz CT molecular complexity index is 1450. The third kappa shape index (κ3) is 3.58. The van der Waals surface area contributed by atoms with Gasteiger partial charge in [-0.05, 0) is 58.0 Å². The fraction of sp³-hybridized carbons (Fsp3) is 0.174. The third-order valence-corrected chi connectivity index (χ3v) is 5.24. The van der Waals surface area contributed by atoms with Crippen molar-refractivity contribution in [3.8, 4) is 17.6 Å². The molecular formula is C23H22N8O. The van der Waals surface area contributed by atoms with Gasteiger partial charge < -0.3 is 10.7 Å². The van der Waals surface area contributed by atoms with Crippen LogP contribution in [0.2, 0.25) is 0 Å². The zero-order chi connectivity index (χ0) is 23.0. The summed E-state index contributed by atoms with van der Waals surface area (Å²) in [6, 6.07) is 12.7. The number of nitriles is 1. The molecule has 160 valence electrons. The van der Waals surface area contributed by atoms with E-state index in [1.165, 1.54) is 6.92 Å². The minimum Gasteiger partial charge on any atom is -0.385 e. The molecule has 1 aromatic carbocycles. The van der Waals surface area contributed by atoms with Crippen molar-refractivity contribution in [2.75, 3.05) is 5.73 Å². The van der Waals surface area contributed by atoms with E-state index in [1.54, 1.807) is 46.7 Å². The molecule has 0 saturated carbocycles. The lowest BCUT2D eigenvalue weighted by Crippen LogP contribution is -2.03. The number of hydrogen-bond acceptors (Lipinski definition) is 6. The maximum Gasteiger partial charge on any atom is 0.163 e. The molecule has 0 unspecified atom stereocenters. The van der Waals surface area contributed by atoms with Gasteiger partial charge in [-0.3, -0.25) is 4.79 Å². The van der Waals surface area contributed by atoms with E-state index in [2.05, 4.69) is 26.2 Å².